The summed E-state index contributed by atoms with van der Waals surface area (Å²) in [5, 5.41) is 0. The predicted molar refractivity (Wildman–Crippen MR) is 67.0 cm³/mol. The highest BCUT2D eigenvalue weighted by Crippen LogP contribution is 2.26. The van der Waals surface area contributed by atoms with Crippen molar-refractivity contribution in [3.05, 3.63) is 42.0 Å². The minimum Gasteiger partial charge on any atom is -0.347 e. The third-order valence-corrected chi connectivity index (χ3v) is 4.39. The third kappa shape index (κ3) is 2.57. The molecule has 102 valence electrons. The van der Waals surface area contributed by atoms with Gasteiger partial charge in [-0.1, -0.05) is 29.8 Å². The first-order chi connectivity index (χ1) is 9.04. The van der Waals surface area contributed by atoms with Gasteiger partial charge in [0.05, 0.1) is 11.5 Å². The van der Waals surface area contributed by atoms with Crippen LogP contribution in [0.1, 0.15) is 5.56 Å². The van der Waals surface area contributed by atoms with Crippen molar-refractivity contribution in [2.45, 2.75) is 30.3 Å². The van der Waals surface area contributed by atoms with Crippen LogP contribution in [0.25, 0.3) is 0 Å². The molecule has 1 fully saturated rings. The molecular weight excluding hydrogens is 268 g/mol. The first-order valence-corrected chi connectivity index (χ1v) is 7.41. The summed E-state index contributed by atoms with van der Waals surface area (Å²) in [6.07, 6.45) is 1.98. The van der Waals surface area contributed by atoms with Gasteiger partial charge in [0.25, 0.3) is 10.1 Å². The molecule has 0 N–H and O–H groups in total. The molecule has 5 nitrogen and oxygen atoms in total. The highest BCUT2D eigenvalue weighted by Gasteiger charge is 2.37. The molecule has 1 aromatic rings. The topological polar surface area (TPSA) is 61.8 Å². The highest BCUT2D eigenvalue weighted by atomic mass is 32.2. The van der Waals surface area contributed by atoms with Crippen molar-refractivity contribution in [3.8, 4) is 0 Å². The number of rotatable bonds is 3. The second-order valence-electron chi connectivity index (χ2n) is 4.59. The average Bonchev–Trinajstić information content (AvgIpc) is 2.76. The van der Waals surface area contributed by atoms with Crippen molar-refractivity contribution in [1.29, 1.82) is 0 Å². The molecule has 19 heavy (non-hydrogen) atoms. The van der Waals surface area contributed by atoms with Gasteiger partial charge < -0.3 is 9.47 Å². The average molecular weight is 282 g/mol. The minimum atomic E-state index is -3.81. The predicted octanol–water partition coefficient (Wildman–Crippen LogP) is 1.38. The molecular formula is C13H14O5S. The lowest BCUT2D eigenvalue weighted by Gasteiger charge is -2.22. The molecule has 2 bridgehead atoms. The van der Waals surface area contributed by atoms with Gasteiger partial charge in [-0.2, -0.15) is 8.42 Å². The fourth-order valence-electron chi connectivity index (χ4n) is 2.02. The van der Waals surface area contributed by atoms with Crippen LogP contribution >= 0.6 is 0 Å². The van der Waals surface area contributed by atoms with E-state index in [2.05, 4.69) is 0 Å². The van der Waals surface area contributed by atoms with E-state index in [1.807, 2.05) is 6.92 Å². The Kier molecular flexibility index (Phi) is 3.18. The highest BCUT2D eigenvalue weighted by molar-refractivity contribution is 7.86. The fraction of sp³-hybridized carbons (Fsp3) is 0.385. The van der Waals surface area contributed by atoms with E-state index in [1.54, 1.807) is 24.3 Å². The summed E-state index contributed by atoms with van der Waals surface area (Å²) in [6.45, 7) is 2.33. The van der Waals surface area contributed by atoms with Crippen LogP contribution in [0.2, 0.25) is 0 Å². The largest absolute Gasteiger partial charge is 0.347 e. The minimum absolute atomic E-state index is 0.0908. The molecule has 0 unspecified atom stereocenters. The van der Waals surface area contributed by atoms with Gasteiger partial charge in [0.1, 0.15) is 12.2 Å². The van der Waals surface area contributed by atoms with Gasteiger partial charge in [-0.25, -0.2) is 0 Å². The maximum atomic E-state index is 12.1. The van der Waals surface area contributed by atoms with E-state index in [1.165, 1.54) is 12.1 Å². The second kappa shape index (κ2) is 4.72. The lowest BCUT2D eigenvalue weighted by molar-refractivity contribution is -0.106. The summed E-state index contributed by atoms with van der Waals surface area (Å²) < 4.78 is 40.1. The van der Waals surface area contributed by atoms with E-state index >= 15 is 0 Å². The van der Waals surface area contributed by atoms with Crippen LogP contribution in [0.3, 0.4) is 0 Å². The molecule has 6 heteroatoms. The standard InChI is InChI=1S/C13H14O5S/c1-9-2-5-11(6-3-9)19(14,15)18-12-7-4-10-8-16-13(12)17-10/h2-7,10,12-13H,8H2,1H3/t10-,12+,13+/m0/s1. The SMILES string of the molecule is Cc1ccc(S(=O)(=O)O[C@@H]2C=C[C@H]3CO[C@@H]2O3)cc1. The molecule has 3 atom stereocenters. The summed E-state index contributed by atoms with van der Waals surface area (Å²) in [4.78, 5) is 0.131. The molecule has 1 saturated heterocycles. The molecule has 3 rings (SSSR count). The lowest BCUT2D eigenvalue weighted by Crippen LogP contribution is -2.33. The van der Waals surface area contributed by atoms with Crippen molar-refractivity contribution >= 4 is 10.1 Å². The normalized spacial score (nSPS) is 29.6. The van der Waals surface area contributed by atoms with Crippen molar-refractivity contribution < 1.29 is 22.1 Å². The zero-order valence-electron chi connectivity index (χ0n) is 10.4. The van der Waals surface area contributed by atoms with Crippen molar-refractivity contribution in [2.24, 2.45) is 0 Å². The van der Waals surface area contributed by atoms with Gasteiger partial charge in [0, 0.05) is 0 Å². The summed E-state index contributed by atoms with van der Waals surface area (Å²) in [5.74, 6) is 0. The summed E-state index contributed by atoms with van der Waals surface area (Å²) in [6, 6.07) is 6.50. The number of aryl methyl sites for hydroxylation is 1. The molecule has 0 aliphatic carbocycles. The van der Waals surface area contributed by atoms with Crippen molar-refractivity contribution in [2.75, 3.05) is 6.61 Å². The molecule has 0 radical (unpaired) electrons. The number of fused-ring (bicyclic) bond motifs is 2. The maximum Gasteiger partial charge on any atom is 0.297 e. The zero-order chi connectivity index (χ0) is 13.5. The molecule has 2 aliphatic rings. The smallest absolute Gasteiger partial charge is 0.297 e. The molecule has 2 heterocycles. The van der Waals surface area contributed by atoms with Crippen LogP contribution < -0.4 is 0 Å². The van der Waals surface area contributed by atoms with Gasteiger partial charge in [-0.05, 0) is 19.1 Å². The van der Waals surface area contributed by atoms with Crippen LogP contribution in [0, 0.1) is 6.92 Å². The molecule has 1 aromatic carbocycles. The van der Waals surface area contributed by atoms with Crippen LogP contribution in [-0.4, -0.2) is 33.5 Å². The first-order valence-electron chi connectivity index (χ1n) is 6.00. The van der Waals surface area contributed by atoms with Gasteiger partial charge >= 0.3 is 0 Å². The van der Waals surface area contributed by atoms with Crippen LogP contribution in [0.5, 0.6) is 0 Å². The first kappa shape index (κ1) is 12.8. The Hall–Kier alpha value is -1.21. The van der Waals surface area contributed by atoms with E-state index in [0.29, 0.717) is 6.61 Å². The maximum absolute atomic E-state index is 12.1. The Bertz CT molecular complexity index is 590. The summed E-state index contributed by atoms with van der Waals surface area (Å²) >= 11 is 0. The molecule has 2 aliphatic heterocycles. The molecule has 0 spiro atoms. The molecule has 0 amide bonds. The summed E-state index contributed by atoms with van der Waals surface area (Å²) in [5.41, 5.74) is 0.988. The van der Waals surface area contributed by atoms with Crippen molar-refractivity contribution in [3.63, 3.8) is 0 Å². The Morgan fingerprint density at radius 3 is 2.68 bits per heavy atom. The van der Waals surface area contributed by atoms with Crippen molar-refractivity contribution in [1.82, 2.24) is 0 Å². The van der Waals surface area contributed by atoms with Gasteiger partial charge in [-0.3, -0.25) is 4.18 Å². The number of hydrogen-bond donors (Lipinski definition) is 0. The van der Waals surface area contributed by atoms with Crippen LogP contribution in [0.4, 0.5) is 0 Å². The zero-order valence-corrected chi connectivity index (χ0v) is 11.2. The number of hydrogen-bond acceptors (Lipinski definition) is 5. The summed E-state index contributed by atoms with van der Waals surface area (Å²) in [7, 11) is -3.81. The number of benzene rings is 1. The number of ether oxygens (including phenoxy) is 2. The van der Waals surface area contributed by atoms with E-state index in [0.717, 1.165) is 5.56 Å². The second-order valence-corrected chi connectivity index (χ2v) is 6.16. The van der Waals surface area contributed by atoms with Gasteiger partial charge in [-0.15, -0.1) is 0 Å². The Morgan fingerprint density at radius 1 is 1.21 bits per heavy atom. The fourth-order valence-corrected chi connectivity index (χ4v) is 3.05. The lowest BCUT2D eigenvalue weighted by atomic mass is 10.2. The molecule has 0 aromatic heterocycles. The van der Waals surface area contributed by atoms with E-state index in [-0.39, 0.29) is 11.0 Å². The monoisotopic (exact) mass is 282 g/mol. The quantitative estimate of drug-likeness (QED) is 0.619. The third-order valence-electron chi connectivity index (χ3n) is 3.06. The molecule has 0 saturated carbocycles. The van der Waals surface area contributed by atoms with E-state index in [9.17, 15) is 8.42 Å². The van der Waals surface area contributed by atoms with E-state index < -0.39 is 22.5 Å². The van der Waals surface area contributed by atoms with Gasteiger partial charge in [0.15, 0.2) is 6.29 Å². The van der Waals surface area contributed by atoms with Crippen LogP contribution in [-0.2, 0) is 23.8 Å². The van der Waals surface area contributed by atoms with E-state index in [4.69, 9.17) is 13.7 Å². The van der Waals surface area contributed by atoms with Crippen LogP contribution in [0.15, 0.2) is 41.3 Å². The Morgan fingerprint density at radius 2 is 1.95 bits per heavy atom. The Balaban J connectivity index is 1.80. The Labute approximate surface area is 111 Å². The van der Waals surface area contributed by atoms with Gasteiger partial charge in [0.2, 0.25) is 0 Å².